The molecule has 1 aromatic carbocycles. The van der Waals surface area contributed by atoms with E-state index in [2.05, 4.69) is 22.1 Å². The molecule has 23 heavy (non-hydrogen) atoms. The number of nitrogens with zero attached hydrogens (tertiary/aromatic N) is 2. The second kappa shape index (κ2) is 8.14. The predicted molar refractivity (Wildman–Crippen MR) is 82.9 cm³/mol. The Morgan fingerprint density at radius 3 is 2.83 bits per heavy atom. The van der Waals surface area contributed by atoms with E-state index >= 15 is 0 Å². The molecule has 0 aliphatic carbocycles. The van der Waals surface area contributed by atoms with E-state index in [-0.39, 0.29) is 24.4 Å². The third kappa shape index (κ3) is 4.82. The van der Waals surface area contributed by atoms with E-state index < -0.39 is 10.8 Å². The third-order valence-corrected chi connectivity index (χ3v) is 2.75. The molecule has 0 saturated carbocycles. The number of para-hydroxylation sites is 1. The Hall–Kier alpha value is -3.40. The standard InChI is InChI=1S/C16H13N3O4/c20-16(14-7-1-2-8-15(14)19(21)22)18-10-3-4-11-23-13-6-5-9-17-12-13/h1-2,5-9,12H,10-11H2,(H,18,20). The summed E-state index contributed by atoms with van der Waals surface area (Å²) in [6, 6.07) is 9.25. The fraction of sp³-hybridized carbons (Fsp3) is 0.125. The van der Waals surface area contributed by atoms with Gasteiger partial charge < -0.3 is 10.1 Å². The van der Waals surface area contributed by atoms with Crippen molar-refractivity contribution in [1.82, 2.24) is 10.3 Å². The molecule has 0 aliphatic rings. The average Bonchev–Trinajstić information content (AvgIpc) is 2.58. The van der Waals surface area contributed by atoms with E-state index in [1.807, 2.05) is 0 Å². The van der Waals surface area contributed by atoms with Crippen LogP contribution in [0, 0.1) is 22.0 Å². The van der Waals surface area contributed by atoms with Gasteiger partial charge in [-0.2, -0.15) is 0 Å². The lowest BCUT2D eigenvalue weighted by molar-refractivity contribution is -0.385. The maximum absolute atomic E-state index is 11.9. The van der Waals surface area contributed by atoms with E-state index in [0.29, 0.717) is 5.75 Å². The molecule has 1 N–H and O–H groups in total. The van der Waals surface area contributed by atoms with Crippen LogP contribution in [0.15, 0.2) is 48.8 Å². The number of nitro benzene ring substituents is 1. The van der Waals surface area contributed by atoms with Gasteiger partial charge in [0, 0.05) is 12.3 Å². The smallest absolute Gasteiger partial charge is 0.282 e. The van der Waals surface area contributed by atoms with Crippen LogP contribution in [-0.2, 0) is 0 Å². The summed E-state index contributed by atoms with van der Waals surface area (Å²) in [4.78, 5) is 26.1. The Labute approximate surface area is 132 Å². The lowest BCUT2D eigenvalue weighted by atomic mass is 10.1. The molecule has 1 amide bonds. The Balaban J connectivity index is 1.82. The van der Waals surface area contributed by atoms with Gasteiger partial charge >= 0.3 is 0 Å². The number of benzene rings is 1. The van der Waals surface area contributed by atoms with Gasteiger partial charge in [0.05, 0.1) is 17.7 Å². The minimum Gasteiger partial charge on any atom is -0.479 e. The lowest BCUT2D eigenvalue weighted by Gasteiger charge is -2.02. The fourth-order valence-electron chi connectivity index (χ4n) is 1.71. The van der Waals surface area contributed by atoms with Crippen LogP contribution in [0.4, 0.5) is 5.69 Å². The maximum atomic E-state index is 11.9. The van der Waals surface area contributed by atoms with Crippen molar-refractivity contribution in [3.63, 3.8) is 0 Å². The molecule has 0 bridgehead atoms. The van der Waals surface area contributed by atoms with E-state index in [9.17, 15) is 14.9 Å². The van der Waals surface area contributed by atoms with Gasteiger partial charge in [0.15, 0.2) is 0 Å². The van der Waals surface area contributed by atoms with Gasteiger partial charge in [0.25, 0.3) is 11.6 Å². The SMILES string of the molecule is O=C(NCC#CCOc1cccnc1)c1ccccc1[N+](=O)[O-]. The molecule has 0 fully saturated rings. The Kier molecular flexibility index (Phi) is 5.66. The molecular weight excluding hydrogens is 298 g/mol. The first-order valence-electron chi connectivity index (χ1n) is 6.68. The fourth-order valence-corrected chi connectivity index (χ4v) is 1.71. The molecule has 1 aromatic heterocycles. The summed E-state index contributed by atoms with van der Waals surface area (Å²) in [6.45, 7) is 0.230. The average molecular weight is 311 g/mol. The molecule has 1 heterocycles. The van der Waals surface area contributed by atoms with Crippen molar-refractivity contribution in [1.29, 1.82) is 0 Å². The number of ether oxygens (including phenoxy) is 1. The molecule has 0 atom stereocenters. The summed E-state index contributed by atoms with van der Waals surface area (Å²) in [6.07, 6.45) is 3.20. The van der Waals surface area contributed by atoms with Crippen molar-refractivity contribution in [3.8, 4) is 17.6 Å². The highest BCUT2D eigenvalue weighted by Crippen LogP contribution is 2.16. The summed E-state index contributed by atoms with van der Waals surface area (Å²) in [5, 5.41) is 13.4. The number of amides is 1. The summed E-state index contributed by atoms with van der Waals surface area (Å²) in [7, 11) is 0. The van der Waals surface area contributed by atoms with Crippen LogP contribution < -0.4 is 10.1 Å². The first-order valence-corrected chi connectivity index (χ1v) is 6.68. The van der Waals surface area contributed by atoms with Crippen LogP contribution in [0.5, 0.6) is 5.75 Å². The van der Waals surface area contributed by atoms with Crippen molar-refractivity contribution in [3.05, 3.63) is 64.5 Å². The largest absolute Gasteiger partial charge is 0.479 e. The van der Waals surface area contributed by atoms with E-state index in [1.165, 1.54) is 18.2 Å². The number of carbonyl (C=O) groups excluding carboxylic acids is 1. The molecule has 0 unspecified atom stereocenters. The highest BCUT2D eigenvalue weighted by molar-refractivity contribution is 5.98. The second-order valence-corrected chi connectivity index (χ2v) is 4.29. The molecule has 2 aromatic rings. The number of rotatable bonds is 5. The van der Waals surface area contributed by atoms with Gasteiger partial charge in [0.1, 0.15) is 17.9 Å². The highest BCUT2D eigenvalue weighted by atomic mass is 16.6. The van der Waals surface area contributed by atoms with Crippen molar-refractivity contribution in [2.45, 2.75) is 0 Å². The van der Waals surface area contributed by atoms with E-state index in [4.69, 9.17) is 4.74 Å². The van der Waals surface area contributed by atoms with Crippen LogP contribution in [0.2, 0.25) is 0 Å². The minimum atomic E-state index is -0.595. The Morgan fingerprint density at radius 1 is 1.26 bits per heavy atom. The first-order chi connectivity index (χ1) is 11.2. The molecule has 0 radical (unpaired) electrons. The number of aromatic nitrogens is 1. The van der Waals surface area contributed by atoms with Crippen LogP contribution in [0.3, 0.4) is 0 Å². The lowest BCUT2D eigenvalue weighted by Crippen LogP contribution is -2.24. The summed E-state index contributed by atoms with van der Waals surface area (Å²) >= 11 is 0. The van der Waals surface area contributed by atoms with E-state index in [1.54, 1.807) is 30.6 Å². The predicted octanol–water partition coefficient (Wildman–Crippen LogP) is 1.80. The maximum Gasteiger partial charge on any atom is 0.282 e. The number of carbonyl (C=O) groups is 1. The molecule has 2 rings (SSSR count). The Bertz CT molecular complexity index is 751. The summed E-state index contributed by atoms with van der Waals surface area (Å²) < 4.78 is 5.31. The van der Waals surface area contributed by atoms with Crippen LogP contribution in [0.1, 0.15) is 10.4 Å². The first kappa shape index (κ1) is 16.0. The Morgan fingerprint density at radius 2 is 2.09 bits per heavy atom. The number of pyridine rings is 1. The van der Waals surface area contributed by atoms with Crippen LogP contribution in [0.25, 0.3) is 0 Å². The quantitative estimate of drug-likeness (QED) is 0.516. The molecule has 7 heteroatoms. The van der Waals surface area contributed by atoms with Crippen molar-refractivity contribution in [2.24, 2.45) is 0 Å². The zero-order valence-corrected chi connectivity index (χ0v) is 12.1. The van der Waals surface area contributed by atoms with Gasteiger partial charge in [0.2, 0.25) is 0 Å². The second-order valence-electron chi connectivity index (χ2n) is 4.29. The van der Waals surface area contributed by atoms with Gasteiger partial charge in [-0.05, 0) is 18.2 Å². The van der Waals surface area contributed by atoms with Gasteiger partial charge in [-0.1, -0.05) is 24.0 Å². The van der Waals surface area contributed by atoms with Crippen LogP contribution >= 0.6 is 0 Å². The zero-order valence-electron chi connectivity index (χ0n) is 12.1. The van der Waals surface area contributed by atoms with Gasteiger partial charge in [-0.15, -0.1) is 0 Å². The molecule has 0 spiro atoms. The number of hydrogen-bond donors (Lipinski definition) is 1. The van der Waals surface area contributed by atoms with Crippen LogP contribution in [-0.4, -0.2) is 29.0 Å². The van der Waals surface area contributed by atoms with Gasteiger partial charge in [-0.25, -0.2) is 0 Å². The molecule has 0 aliphatic heterocycles. The van der Waals surface area contributed by atoms with E-state index in [0.717, 1.165) is 0 Å². The number of hydrogen-bond acceptors (Lipinski definition) is 5. The highest BCUT2D eigenvalue weighted by Gasteiger charge is 2.18. The minimum absolute atomic E-state index is 0.00547. The zero-order chi connectivity index (χ0) is 16.5. The summed E-state index contributed by atoms with van der Waals surface area (Å²) in [5.41, 5.74) is -0.233. The van der Waals surface area contributed by atoms with Crippen molar-refractivity contribution in [2.75, 3.05) is 13.2 Å². The van der Waals surface area contributed by atoms with Crippen molar-refractivity contribution >= 4 is 11.6 Å². The monoisotopic (exact) mass is 311 g/mol. The normalized spacial score (nSPS) is 9.39. The summed E-state index contributed by atoms with van der Waals surface area (Å²) in [5.74, 6) is 5.50. The topological polar surface area (TPSA) is 94.4 Å². The molecule has 0 saturated heterocycles. The molecule has 7 nitrogen and oxygen atoms in total. The molecular formula is C16H13N3O4. The molecule has 116 valence electrons. The third-order valence-electron chi connectivity index (χ3n) is 2.75. The number of nitro groups is 1. The van der Waals surface area contributed by atoms with Crippen molar-refractivity contribution < 1.29 is 14.5 Å². The van der Waals surface area contributed by atoms with Gasteiger partial charge in [-0.3, -0.25) is 19.9 Å². The number of nitrogens with one attached hydrogen (secondary N) is 1.